The zero-order valence-electron chi connectivity index (χ0n) is 16.5. The van der Waals surface area contributed by atoms with E-state index in [0.29, 0.717) is 24.4 Å². The maximum Gasteiger partial charge on any atom is 0.277 e. The van der Waals surface area contributed by atoms with Crippen LogP contribution in [0.1, 0.15) is 16.7 Å². The first-order valence-corrected chi connectivity index (χ1v) is 9.52. The number of carbonyl (C=O) groups excluding carboxylic acids is 2. The molecule has 1 saturated heterocycles. The Balaban J connectivity index is 1.65. The molecule has 2 aliphatic heterocycles. The third-order valence-electron chi connectivity index (χ3n) is 5.63. The molecule has 144 valence electrons. The molecule has 0 spiro atoms. The molecule has 1 aromatic heterocycles. The van der Waals surface area contributed by atoms with E-state index in [1.807, 2.05) is 55.1 Å². The van der Waals surface area contributed by atoms with Crippen molar-refractivity contribution < 1.29 is 9.59 Å². The van der Waals surface area contributed by atoms with Gasteiger partial charge >= 0.3 is 0 Å². The normalized spacial score (nSPS) is 17.8. The van der Waals surface area contributed by atoms with Crippen molar-refractivity contribution in [3.05, 3.63) is 65.0 Å². The molecule has 2 amide bonds. The van der Waals surface area contributed by atoms with Gasteiger partial charge in [0.1, 0.15) is 11.5 Å². The molecule has 6 nitrogen and oxygen atoms in total. The molecule has 0 N–H and O–H groups in total. The van der Waals surface area contributed by atoms with Crippen molar-refractivity contribution in [3.8, 4) is 0 Å². The van der Waals surface area contributed by atoms with Crippen molar-refractivity contribution in [3.63, 3.8) is 0 Å². The van der Waals surface area contributed by atoms with Crippen molar-refractivity contribution >= 4 is 23.2 Å². The average molecular weight is 376 g/mol. The van der Waals surface area contributed by atoms with Gasteiger partial charge in [0.25, 0.3) is 11.8 Å². The number of imide groups is 1. The third kappa shape index (κ3) is 3.05. The Morgan fingerprint density at radius 3 is 2.21 bits per heavy atom. The molecule has 28 heavy (non-hydrogen) atoms. The second-order valence-electron chi connectivity index (χ2n) is 7.35. The number of likely N-dealkylation sites (N-methyl/N-ethyl adjacent to an activating group) is 1. The highest BCUT2D eigenvalue weighted by atomic mass is 16.2. The summed E-state index contributed by atoms with van der Waals surface area (Å²) in [5.74, 6) is 0.497. The predicted octanol–water partition coefficient (Wildman–Crippen LogP) is 2.23. The van der Waals surface area contributed by atoms with Crippen LogP contribution >= 0.6 is 0 Å². The molecular formula is C22H24N4O2. The lowest BCUT2D eigenvalue weighted by Crippen LogP contribution is -2.47. The Hall–Kier alpha value is -3.15. The topological polar surface area (TPSA) is 56.8 Å². The molecule has 2 aliphatic rings. The molecule has 0 atom stereocenters. The summed E-state index contributed by atoms with van der Waals surface area (Å²) >= 11 is 0. The summed E-state index contributed by atoms with van der Waals surface area (Å²) in [5, 5.41) is 0. The molecule has 0 saturated carbocycles. The van der Waals surface area contributed by atoms with E-state index in [1.54, 1.807) is 13.2 Å². The van der Waals surface area contributed by atoms with Gasteiger partial charge in [-0.1, -0.05) is 24.3 Å². The molecule has 0 unspecified atom stereocenters. The Bertz CT molecular complexity index is 960. The largest absolute Gasteiger partial charge is 0.363 e. The molecular weight excluding hydrogens is 352 g/mol. The highest BCUT2D eigenvalue weighted by Crippen LogP contribution is 2.32. The van der Waals surface area contributed by atoms with Gasteiger partial charge in [-0.3, -0.25) is 14.5 Å². The van der Waals surface area contributed by atoms with Crippen LogP contribution in [0.4, 0.5) is 5.82 Å². The summed E-state index contributed by atoms with van der Waals surface area (Å²) < 4.78 is 0. The lowest BCUT2D eigenvalue weighted by Gasteiger charge is -2.37. The molecule has 1 aromatic carbocycles. The minimum Gasteiger partial charge on any atom is -0.363 e. The van der Waals surface area contributed by atoms with Crippen LogP contribution in [0.15, 0.2) is 48.3 Å². The number of anilines is 1. The van der Waals surface area contributed by atoms with Gasteiger partial charge in [-0.25, -0.2) is 4.98 Å². The van der Waals surface area contributed by atoms with Crippen molar-refractivity contribution in [1.82, 2.24) is 14.8 Å². The summed E-state index contributed by atoms with van der Waals surface area (Å²) in [6, 6.07) is 11.8. The number of nitrogens with zero attached hydrogens (tertiary/aromatic N) is 4. The Labute approximate surface area is 165 Å². The van der Waals surface area contributed by atoms with Gasteiger partial charge in [0, 0.05) is 39.4 Å². The Kier molecular flexibility index (Phi) is 4.63. The van der Waals surface area contributed by atoms with Crippen LogP contribution in [-0.4, -0.2) is 59.8 Å². The number of pyridine rings is 1. The average Bonchev–Trinajstić information content (AvgIpc) is 2.95. The number of carbonyl (C=O) groups is 2. The summed E-state index contributed by atoms with van der Waals surface area (Å²) in [6.45, 7) is 6.92. The number of benzene rings is 1. The molecule has 0 radical (unpaired) electrons. The van der Waals surface area contributed by atoms with Gasteiger partial charge in [-0.05, 0) is 42.7 Å². The first-order chi connectivity index (χ1) is 13.5. The quantitative estimate of drug-likeness (QED) is 0.769. The van der Waals surface area contributed by atoms with Gasteiger partial charge in [0.15, 0.2) is 0 Å². The predicted molar refractivity (Wildman–Crippen MR) is 109 cm³/mol. The van der Waals surface area contributed by atoms with Crippen LogP contribution in [-0.2, 0) is 9.59 Å². The minimum atomic E-state index is -0.226. The second kappa shape index (κ2) is 7.11. The fourth-order valence-electron chi connectivity index (χ4n) is 3.78. The van der Waals surface area contributed by atoms with E-state index in [-0.39, 0.29) is 11.8 Å². The van der Waals surface area contributed by atoms with Crippen LogP contribution in [0.5, 0.6) is 0 Å². The monoisotopic (exact) mass is 376 g/mol. The number of amides is 2. The van der Waals surface area contributed by atoms with E-state index in [9.17, 15) is 9.59 Å². The van der Waals surface area contributed by atoms with E-state index in [0.717, 1.165) is 30.0 Å². The number of aryl methyl sites for hydroxylation is 2. The molecule has 1 fully saturated rings. The SMILES string of the molecule is Cc1ccc(C2=C(N3CCN(c4ccccn4)CC3)C(=O)N(C)C2=O)cc1C. The number of hydrogen-bond acceptors (Lipinski definition) is 5. The van der Waals surface area contributed by atoms with Gasteiger partial charge in [-0.2, -0.15) is 0 Å². The van der Waals surface area contributed by atoms with E-state index >= 15 is 0 Å². The molecule has 3 heterocycles. The standard InChI is InChI=1S/C22H24N4O2/c1-15-7-8-17(14-16(15)2)19-20(22(28)24(3)21(19)27)26-12-10-25(11-13-26)18-6-4-5-9-23-18/h4-9,14H,10-13H2,1-3H3. The van der Waals surface area contributed by atoms with E-state index < -0.39 is 0 Å². The number of piperazine rings is 1. The van der Waals surface area contributed by atoms with Crippen LogP contribution in [0.2, 0.25) is 0 Å². The highest BCUT2D eigenvalue weighted by molar-refractivity contribution is 6.35. The zero-order chi connectivity index (χ0) is 19.8. The highest BCUT2D eigenvalue weighted by Gasteiger charge is 2.40. The first-order valence-electron chi connectivity index (χ1n) is 9.52. The van der Waals surface area contributed by atoms with Crippen LogP contribution in [0.25, 0.3) is 5.57 Å². The van der Waals surface area contributed by atoms with Crippen LogP contribution in [0, 0.1) is 13.8 Å². The van der Waals surface area contributed by atoms with Crippen molar-refractivity contribution in [2.75, 3.05) is 38.1 Å². The minimum absolute atomic E-state index is 0.218. The van der Waals surface area contributed by atoms with Gasteiger partial charge in [0.05, 0.1) is 5.57 Å². The number of rotatable bonds is 3. The number of hydrogen-bond donors (Lipinski definition) is 0. The van der Waals surface area contributed by atoms with Crippen LogP contribution < -0.4 is 4.90 Å². The van der Waals surface area contributed by atoms with Crippen LogP contribution in [0.3, 0.4) is 0 Å². The fourth-order valence-corrected chi connectivity index (χ4v) is 3.78. The van der Waals surface area contributed by atoms with E-state index in [1.165, 1.54) is 10.5 Å². The van der Waals surface area contributed by atoms with Crippen molar-refractivity contribution in [2.45, 2.75) is 13.8 Å². The van der Waals surface area contributed by atoms with Crippen molar-refractivity contribution in [2.24, 2.45) is 0 Å². The van der Waals surface area contributed by atoms with Gasteiger partial charge in [-0.15, -0.1) is 0 Å². The smallest absolute Gasteiger partial charge is 0.277 e. The van der Waals surface area contributed by atoms with E-state index in [2.05, 4.69) is 9.88 Å². The second-order valence-corrected chi connectivity index (χ2v) is 7.35. The third-order valence-corrected chi connectivity index (χ3v) is 5.63. The first kappa shape index (κ1) is 18.2. The molecule has 6 heteroatoms. The Morgan fingerprint density at radius 1 is 0.857 bits per heavy atom. The maximum absolute atomic E-state index is 12.9. The summed E-state index contributed by atoms with van der Waals surface area (Å²) in [5.41, 5.74) is 4.13. The van der Waals surface area contributed by atoms with Gasteiger partial charge in [0.2, 0.25) is 0 Å². The van der Waals surface area contributed by atoms with Crippen molar-refractivity contribution in [1.29, 1.82) is 0 Å². The maximum atomic E-state index is 12.9. The fraction of sp³-hybridized carbons (Fsp3) is 0.318. The molecule has 4 rings (SSSR count). The number of aromatic nitrogens is 1. The summed E-state index contributed by atoms with van der Waals surface area (Å²) in [4.78, 5) is 35.6. The zero-order valence-corrected chi connectivity index (χ0v) is 16.5. The molecule has 0 bridgehead atoms. The lowest BCUT2D eigenvalue weighted by atomic mass is 9.99. The molecule has 2 aromatic rings. The van der Waals surface area contributed by atoms with Gasteiger partial charge < -0.3 is 9.80 Å². The molecule has 0 aliphatic carbocycles. The lowest BCUT2D eigenvalue weighted by molar-refractivity contribution is -0.135. The van der Waals surface area contributed by atoms with E-state index in [4.69, 9.17) is 0 Å². The summed E-state index contributed by atoms with van der Waals surface area (Å²) in [7, 11) is 1.56. The summed E-state index contributed by atoms with van der Waals surface area (Å²) in [6.07, 6.45) is 1.79. The Morgan fingerprint density at radius 2 is 1.57 bits per heavy atom.